The van der Waals surface area contributed by atoms with Crippen LogP contribution in [0, 0.1) is 0 Å². The summed E-state index contributed by atoms with van der Waals surface area (Å²) in [7, 11) is 1.91. The molecule has 110 valence electrons. The lowest BCUT2D eigenvalue weighted by Crippen LogP contribution is -2.37. The van der Waals surface area contributed by atoms with Crippen LogP contribution in [0.5, 0.6) is 0 Å². The van der Waals surface area contributed by atoms with E-state index in [0.29, 0.717) is 12.2 Å². The standard InChI is InChI=1S/C16H20N4O/c1-19(11-15(21)20-8-4-5-9-20)16-12-6-2-3-7-14(12)18-10-13(16)17/h2-3,6-7,10H,4-5,8-9,11,17H2,1H3. The second-order valence-electron chi connectivity index (χ2n) is 5.52. The maximum atomic E-state index is 12.3. The van der Waals surface area contributed by atoms with Crippen molar-refractivity contribution < 1.29 is 4.79 Å². The number of amides is 1. The Labute approximate surface area is 124 Å². The number of anilines is 2. The Morgan fingerprint density at radius 3 is 2.81 bits per heavy atom. The van der Waals surface area contributed by atoms with Crippen LogP contribution in [0.25, 0.3) is 10.9 Å². The van der Waals surface area contributed by atoms with Crippen LogP contribution < -0.4 is 10.6 Å². The molecule has 5 nitrogen and oxygen atoms in total. The minimum atomic E-state index is 0.162. The number of benzene rings is 1. The largest absolute Gasteiger partial charge is 0.396 e. The molecule has 1 aliphatic heterocycles. The molecule has 21 heavy (non-hydrogen) atoms. The van der Waals surface area contributed by atoms with E-state index in [9.17, 15) is 4.79 Å². The van der Waals surface area contributed by atoms with Crippen molar-refractivity contribution >= 4 is 28.2 Å². The molecule has 0 atom stereocenters. The second kappa shape index (κ2) is 5.60. The van der Waals surface area contributed by atoms with Crippen LogP contribution >= 0.6 is 0 Å². The fourth-order valence-electron chi connectivity index (χ4n) is 2.92. The van der Waals surface area contributed by atoms with Crippen molar-refractivity contribution in [1.29, 1.82) is 0 Å². The van der Waals surface area contributed by atoms with Crippen LogP contribution in [0.2, 0.25) is 0 Å². The van der Waals surface area contributed by atoms with Crippen molar-refractivity contribution in [2.45, 2.75) is 12.8 Å². The molecule has 0 spiro atoms. The van der Waals surface area contributed by atoms with E-state index in [-0.39, 0.29) is 5.91 Å². The van der Waals surface area contributed by atoms with Crippen LogP contribution in [0.4, 0.5) is 11.4 Å². The van der Waals surface area contributed by atoms with Gasteiger partial charge in [-0.1, -0.05) is 18.2 Å². The average molecular weight is 284 g/mol. The van der Waals surface area contributed by atoms with Gasteiger partial charge >= 0.3 is 0 Å². The van der Waals surface area contributed by atoms with Gasteiger partial charge in [0.1, 0.15) is 0 Å². The summed E-state index contributed by atoms with van der Waals surface area (Å²) in [6, 6.07) is 7.85. The number of likely N-dealkylation sites (tertiary alicyclic amines) is 1. The van der Waals surface area contributed by atoms with Gasteiger partial charge in [0.05, 0.1) is 29.6 Å². The van der Waals surface area contributed by atoms with Gasteiger partial charge in [0.15, 0.2) is 0 Å². The summed E-state index contributed by atoms with van der Waals surface area (Å²) in [5, 5.41) is 0.981. The SMILES string of the molecule is CN(CC(=O)N1CCCC1)c1c(N)cnc2ccccc12. The Morgan fingerprint density at radius 1 is 1.33 bits per heavy atom. The zero-order chi connectivity index (χ0) is 14.8. The van der Waals surface area contributed by atoms with E-state index >= 15 is 0 Å². The first kappa shape index (κ1) is 13.7. The highest BCUT2D eigenvalue weighted by Gasteiger charge is 2.20. The first-order valence-corrected chi connectivity index (χ1v) is 7.29. The van der Waals surface area contributed by atoms with Crippen LogP contribution in [0.15, 0.2) is 30.5 Å². The molecule has 0 bridgehead atoms. The molecule has 0 unspecified atom stereocenters. The summed E-state index contributed by atoms with van der Waals surface area (Å²) >= 11 is 0. The predicted molar refractivity (Wildman–Crippen MR) is 85.2 cm³/mol. The molecule has 0 radical (unpaired) electrons. The molecule has 0 saturated carbocycles. The van der Waals surface area contributed by atoms with Gasteiger partial charge in [0.25, 0.3) is 0 Å². The van der Waals surface area contributed by atoms with Gasteiger partial charge in [-0.15, -0.1) is 0 Å². The number of likely N-dealkylation sites (N-methyl/N-ethyl adjacent to an activating group) is 1. The smallest absolute Gasteiger partial charge is 0.242 e. The first-order valence-electron chi connectivity index (χ1n) is 7.29. The molecule has 2 heterocycles. The summed E-state index contributed by atoms with van der Waals surface area (Å²) in [6.45, 7) is 2.09. The molecule has 2 aromatic rings. The number of nitrogen functional groups attached to an aromatic ring is 1. The summed E-state index contributed by atoms with van der Waals surface area (Å²) in [4.78, 5) is 20.5. The Balaban J connectivity index is 1.88. The number of hydrogen-bond donors (Lipinski definition) is 1. The highest BCUT2D eigenvalue weighted by atomic mass is 16.2. The lowest BCUT2D eigenvalue weighted by atomic mass is 10.1. The van der Waals surface area contributed by atoms with E-state index in [4.69, 9.17) is 5.73 Å². The van der Waals surface area contributed by atoms with Crippen molar-refractivity contribution in [2.75, 3.05) is 37.3 Å². The number of aromatic nitrogens is 1. The third-order valence-corrected chi connectivity index (χ3v) is 3.99. The van der Waals surface area contributed by atoms with Crippen molar-refractivity contribution in [3.63, 3.8) is 0 Å². The first-order chi connectivity index (χ1) is 10.2. The van der Waals surface area contributed by atoms with Gasteiger partial charge in [0, 0.05) is 25.5 Å². The van der Waals surface area contributed by atoms with Crippen LogP contribution in [-0.2, 0) is 4.79 Å². The average Bonchev–Trinajstić information content (AvgIpc) is 3.01. The number of rotatable bonds is 3. The lowest BCUT2D eigenvalue weighted by Gasteiger charge is -2.25. The third kappa shape index (κ3) is 2.63. The van der Waals surface area contributed by atoms with E-state index in [2.05, 4.69) is 4.98 Å². The summed E-state index contributed by atoms with van der Waals surface area (Å²) in [6.07, 6.45) is 3.88. The Hall–Kier alpha value is -2.30. The number of hydrogen-bond acceptors (Lipinski definition) is 4. The van der Waals surface area contributed by atoms with E-state index in [1.807, 2.05) is 41.1 Å². The molecule has 1 fully saturated rings. The molecule has 3 rings (SSSR count). The molecule has 2 N–H and O–H groups in total. The fraction of sp³-hybridized carbons (Fsp3) is 0.375. The van der Waals surface area contributed by atoms with E-state index in [1.165, 1.54) is 0 Å². The van der Waals surface area contributed by atoms with Crippen molar-refractivity contribution in [3.8, 4) is 0 Å². The van der Waals surface area contributed by atoms with Gasteiger partial charge < -0.3 is 15.5 Å². The number of fused-ring (bicyclic) bond motifs is 1. The Morgan fingerprint density at radius 2 is 2.05 bits per heavy atom. The number of carbonyl (C=O) groups is 1. The molecular formula is C16H20N4O. The normalized spacial score (nSPS) is 14.6. The quantitative estimate of drug-likeness (QED) is 0.934. The van der Waals surface area contributed by atoms with Crippen LogP contribution in [-0.4, -0.2) is 42.5 Å². The van der Waals surface area contributed by atoms with Gasteiger partial charge in [-0.2, -0.15) is 0 Å². The number of para-hydroxylation sites is 1. The van der Waals surface area contributed by atoms with E-state index in [0.717, 1.165) is 42.5 Å². The molecule has 1 saturated heterocycles. The number of nitrogens with zero attached hydrogens (tertiary/aromatic N) is 3. The zero-order valence-corrected chi connectivity index (χ0v) is 12.2. The molecule has 5 heteroatoms. The number of pyridine rings is 1. The Bertz CT molecular complexity index is 664. The molecule has 1 aromatic carbocycles. The van der Waals surface area contributed by atoms with Crippen molar-refractivity contribution in [1.82, 2.24) is 9.88 Å². The zero-order valence-electron chi connectivity index (χ0n) is 12.2. The summed E-state index contributed by atoms with van der Waals surface area (Å²) in [5.41, 5.74) is 8.46. The number of nitrogens with two attached hydrogens (primary N) is 1. The van der Waals surface area contributed by atoms with Gasteiger partial charge in [-0.3, -0.25) is 9.78 Å². The molecule has 1 aliphatic rings. The van der Waals surface area contributed by atoms with Gasteiger partial charge in [-0.05, 0) is 18.9 Å². The van der Waals surface area contributed by atoms with E-state index < -0.39 is 0 Å². The van der Waals surface area contributed by atoms with Crippen molar-refractivity contribution in [3.05, 3.63) is 30.5 Å². The highest BCUT2D eigenvalue weighted by molar-refractivity contribution is 5.98. The van der Waals surface area contributed by atoms with Crippen LogP contribution in [0.3, 0.4) is 0 Å². The topological polar surface area (TPSA) is 62.5 Å². The minimum Gasteiger partial charge on any atom is -0.396 e. The number of carbonyl (C=O) groups excluding carboxylic acids is 1. The summed E-state index contributed by atoms with van der Waals surface area (Å²) in [5.74, 6) is 0.162. The molecule has 0 aliphatic carbocycles. The van der Waals surface area contributed by atoms with Crippen molar-refractivity contribution in [2.24, 2.45) is 0 Å². The van der Waals surface area contributed by atoms with Crippen LogP contribution in [0.1, 0.15) is 12.8 Å². The molecular weight excluding hydrogens is 264 g/mol. The minimum absolute atomic E-state index is 0.162. The third-order valence-electron chi connectivity index (χ3n) is 3.99. The lowest BCUT2D eigenvalue weighted by molar-refractivity contribution is -0.128. The maximum Gasteiger partial charge on any atom is 0.242 e. The van der Waals surface area contributed by atoms with Gasteiger partial charge in [-0.25, -0.2) is 0 Å². The van der Waals surface area contributed by atoms with E-state index in [1.54, 1.807) is 6.20 Å². The maximum absolute atomic E-state index is 12.3. The molecule has 1 aromatic heterocycles. The van der Waals surface area contributed by atoms with Gasteiger partial charge in [0.2, 0.25) is 5.91 Å². The second-order valence-corrected chi connectivity index (χ2v) is 5.52. The monoisotopic (exact) mass is 284 g/mol. The molecule has 1 amide bonds. The highest BCUT2D eigenvalue weighted by Crippen LogP contribution is 2.30. The Kier molecular flexibility index (Phi) is 3.64. The fourth-order valence-corrected chi connectivity index (χ4v) is 2.92. The summed E-state index contributed by atoms with van der Waals surface area (Å²) < 4.78 is 0. The predicted octanol–water partition coefficient (Wildman–Crippen LogP) is 1.88.